The highest BCUT2D eigenvalue weighted by molar-refractivity contribution is 7.99. The normalized spacial score (nSPS) is 9.43. The van der Waals surface area contributed by atoms with Crippen LogP contribution in [0.1, 0.15) is 13.3 Å². The fourth-order valence-corrected chi connectivity index (χ4v) is 1.41. The number of terminal acetylenes is 1. The zero-order valence-electron chi connectivity index (χ0n) is 8.06. The van der Waals surface area contributed by atoms with Crippen molar-refractivity contribution < 1.29 is 4.74 Å². The van der Waals surface area contributed by atoms with Gasteiger partial charge in [-0.2, -0.15) is 0 Å². The average molecular weight is 208 g/mol. The summed E-state index contributed by atoms with van der Waals surface area (Å²) in [5, 5.41) is 0.778. The van der Waals surface area contributed by atoms with Crippen molar-refractivity contribution in [2.24, 2.45) is 0 Å². The van der Waals surface area contributed by atoms with E-state index in [1.165, 1.54) is 0 Å². The number of hydrogen-bond donors (Lipinski definition) is 0. The van der Waals surface area contributed by atoms with E-state index in [1.54, 1.807) is 24.2 Å². The van der Waals surface area contributed by atoms with Crippen LogP contribution >= 0.6 is 11.8 Å². The van der Waals surface area contributed by atoms with E-state index in [-0.39, 0.29) is 6.61 Å². The molecule has 0 N–H and O–H groups in total. The summed E-state index contributed by atoms with van der Waals surface area (Å²) in [7, 11) is 0. The average Bonchev–Trinajstić information content (AvgIpc) is 2.25. The second-order valence-electron chi connectivity index (χ2n) is 2.54. The molecule has 4 heteroatoms. The second-order valence-corrected chi connectivity index (χ2v) is 3.60. The molecule has 14 heavy (non-hydrogen) atoms. The van der Waals surface area contributed by atoms with E-state index in [1.807, 2.05) is 0 Å². The molecule has 1 heterocycles. The smallest absolute Gasteiger partial charge is 0.187 e. The Bertz CT molecular complexity index is 305. The molecule has 0 aliphatic carbocycles. The number of rotatable bonds is 5. The molecule has 3 nitrogen and oxygen atoms in total. The first-order valence-corrected chi connectivity index (χ1v) is 5.36. The lowest BCUT2D eigenvalue weighted by Crippen LogP contribution is -1.95. The van der Waals surface area contributed by atoms with Crippen LogP contribution in [0.4, 0.5) is 0 Å². The Balaban J connectivity index is 2.47. The Labute approximate surface area is 88.3 Å². The van der Waals surface area contributed by atoms with Crippen LogP contribution in [-0.4, -0.2) is 22.3 Å². The highest BCUT2D eigenvalue weighted by atomic mass is 32.2. The summed E-state index contributed by atoms with van der Waals surface area (Å²) < 4.78 is 5.14. The van der Waals surface area contributed by atoms with Gasteiger partial charge in [0.2, 0.25) is 0 Å². The summed E-state index contributed by atoms with van der Waals surface area (Å²) in [5.41, 5.74) is 0. The van der Waals surface area contributed by atoms with Crippen LogP contribution < -0.4 is 4.74 Å². The lowest BCUT2D eigenvalue weighted by atomic mass is 10.6. The summed E-state index contributed by atoms with van der Waals surface area (Å²) in [6, 6.07) is 0. The SMILES string of the molecule is C#CCOc1cnc(SCCC)nc1. The van der Waals surface area contributed by atoms with E-state index in [9.17, 15) is 0 Å². The molecule has 0 aliphatic heterocycles. The molecule has 1 aromatic rings. The molecule has 0 saturated carbocycles. The van der Waals surface area contributed by atoms with Gasteiger partial charge in [0.1, 0.15) is 6.61 Å². The van der Waals surface area contributed by atoms with Crippen LogP contribution in [0.3, 0.4) is 0 Å². The van der Waals surface area contributed by atoms with Crippen LogP contribution in [0.15, 0.2) is 17.6 Å². The number of nitrogens with zero attached hydrogens (tertiary/aromatic N) is 2. The number of hydrogen-bond acceptors (Lipinski definition) is 4. The molecule has 0 fully saturated rings. The molecule has 0 amide bonds. The third-order valence-corrected chi connectivity index (χ3v) is 2.44. The Morgan fingerprint density at radius 3 is 2.79 bits per heavy atom. The molecular formula is C10H12N2OS. The maximum Gasteiger partial charge on any atom is 0.187 e. The summed E-state index contributed by atoms with van der Waals surface area (Å²) in [6.45, 7) is 2.38. The van der Waals surface area contributed by atoms with E-state index in [2.05, 4.69) is 22.8 Å². The maximum absolute atomic E-state index is 5.14. The van der Waals surface area contributed by atoms with Crippen molar-refractivity contribution in [2.75, 3.05) is 12.4 Å². The number of ether oxygens (including phenoxy) is 1. The minimum Gasteiger partial charge on any atom is -0.478 e. The van der Waals surface area contributed by atoms with Crippen LogP contribution in [0, 0.1) is 12.3 Å². The molecule has 0 aromatic carbocycles. The molecule has 0 unspecified atom stereocenters. The van der Waals surface area contributed by atoms with E-state index in [0.29, 0.717) is 5.75 Å². The lowest BCUT2D eigenvalue weighted by molar-refractivity contribution is 0.366. The van der Waals surface area contributed by atoms with Gasteiger partial charge in [0.15, 0.2) is 10.9 Å². The minimum atomic E-state index is 0.255. The van der Waals surface area contributed by atoms with Gasteiger partial charge >= 0.3 is 0 Å². The second kappa shape index (κ2) is 6.28. The first-order chi connectivity index (χ1) is 6.86. The van der Waals surface area contributed by atoms with Gasteiger partial charge in [-0.1, -0.05) is 24.6 Å². The molecule has 0 bridgehead atoms. The van der Waals surface area contributed by atoms with Gasteiger partial charge in [-0.05, 0) is 6.42 Å². The molecule has 0 aliphatic rings. The highest BCUT2D eigenvalue weighted by Gasteiger charge is 1.97. The van der Waals surface area contributed by atoms with E-state index in [0.717, 1.165) is 17.3 Å². The summed E-state index contributed by atoms with van der Waals surface area (Å²) in [4.78, 5) is 8.25. The van der Waals surface area contributed by atoms with Crippen LogP contribution in [-0.2, 0) is 0 Å². The van der Waals surface area contributed by atoms with Gasteiger partial charge in [0.25, 0.3) is 0 Å². The largest absolute Gasteiger partial charge is 0.478 e. The zero-order valence-corrected chi connectivity index (χ0v) is 8.88. The van der Waals surface area contributed by atoms with Crippen molar-refractivity contribution in [3.05, 3.63) is 12.4 Å². The Morgan fingerprint density at radius 2 is 2.21 bits per heavy atom. The van der Waals surface area contributed by atoms with Crippen LogP contribution in [0.5, 0.6) is 5.75 Å². The van der Waals surface area contributed by atoms with E-state index < -0.39 is 0 Å². The van der Waals surface area contributed by atoms with E-state index in [4.69, 9.17) is 11.2 Å². The molecule has 1 rings (SSSR count). The van der Waals surface area contributed by atoms with Gasteiger partial charge in [0, 0.05) is 5.75 Å². The monoisotopic (exact) mass is 208 g/mol. The Morgan fingerprint density at radius 1 is 1.50 bits per heavy atom. The number of aromatic nitrogens is 2. The van der Waals surface area contributed by atoms with Crippen molar-refractivity contribution in [1.29, 1.82) is 0 Å². The van der Waals surface area contributed by atoms with Crippen molar-refractivity contribution in [3.63, 3.8) is 0 Å². The van der Waals surface area contributed by atoms with Crippen molar-refractivity contribution in [1.82, 2.24) is 9.97 Å². The zero-order chi connectivity index (χ0) is 10.2. The minimum absolute atomic E-state index is 0.255. The molecule has 0 radical (unpaired) electrons. The molecular weight excluding hydrogens is 196 g/mol. The van der Waals surface area contributed by atoms with Gasteiger partial charge < -0.3 is 4.74 Å². The van der Waals surface area contributed by atoms with Crippen LogP contribution in [0.25, 0.3) is 0 Å². The maximum atomic E-state index is 5.14. The molecule has 0 spiro atoms. The molecule has 74 valence electrons. The first kappa shape index (κ1) is 10.9. The van der Waals surface area contributed by atoms with Gasteiger partial charge in [0.05, 0.1) is 12.4 Å². The van der Waals surface area contributed by atoms with Crippen molar-refractivity contribution in [2.45, 2.75) is 18.5 Å². The van der Waals surface area contributed by atoms with Gasteiger partial charge in [-0.25, -0.2) is 9.97 Å². The number of thioether (sulfide) groups is 1. The molecule has 1 aromatic heterocycles. The highest BCUT2D eigenvalue weighted by Crippen LogP contribution is 2.15. The lowest BCUT2D eigenvalue weighted by Gasteiger charge is -2.01. The summed E-state index contributed by atoms with van der Waals surface area (Å²) >= 11 is 1.63. The molecule has 0 atom stereocenters. The van der Waals surface area contributed by atoms with E-state index >= 15 is 0 Å². The molecule has 0 saturated heterocycles. The standard InChI is InChI=1S/C10H12N2OS/c1-3-5-13-9-7-11-10(12-8-9)14-6-4-2/h1,7-8H,4-6H2,2H3. The predicted octanol–water partition coefficient (Wildman–Crippen LogP) is 1.99. The predicted molar refractivity (Wildman–Crippen MR) is 57.4 cm³/mol. The Hall–Kier alpha value is -1.21. The van der Waals surface area contributed by atoms with Crippen molar-refractivity contribution in [3.8, 4) is 18.1 Å². The topological polar surface area (TPSA) is 35.0 Å². The van der Waals surface area contributed by atoms with Crippen molar-refractivity contribution >= 4 is 11.8 Å². The first-order valence-electron chi connectivity index (χ1n) is 4.38. The third-order valence-electron chi connectivity index (χ3n) is 1.36. The summed E-state index contributed by atoms with van der Waals surface area (Å²) in [6.07, 6.45) is 9.45. The fourth-order valence-electron chi connectivity index (χ4n) is 0.772. The Kier molecular flexibility index (Phi) is 4.87. The van der Waals surface area contributed by atoms with Gasteiger partial charge in [-0.3, -0.25) is 0 Å². The van der Waals surface area contributed by atoms with Crippen LogP contribution in [0.2, 0.25) is 0 Å². The quantitative estimate of drug-likeness (QED) is 0.421. The third kappa shape index (κ3) is 3.67. The fraction of sp³-hybridized carbons (Fsp3) is 0.400. The summed E-state index contributed by atoms with van der Waals surface area (Å²) in [5.74, 6) is 4.03. The van der Waals surface area contributed by atoms with Gasteiger partial charge in [-0.15, -0.1) is 6.42 Å².